The highest BCUT2D eigenvalue weighted by Gasteiger charge is 2.64. The van der Waals surface area contributed by atoms with Crippen molar-refractivity contribution < 1.29 is 51.1 Å². The predicted molar refractivity (Wildman–Crippen MR) is 441 cm³/mol. The lowest BCUT2D eigenvalue weighted by Gasteiger charge is -2.32. The molecule has 14 heterocycles. The fourth-order valence-corrected chi connectivity index (χ4v) is 15.8. The molecular weight excluding hydrogens is 1600 g/mol. The van der Waals surface area contributed by atoms with Crippen molar-refractivity contribution in [1.82, 2.24) is 63.3 Å². The molecular formula is C83H91B3Br2F2N16O9. The summed E-state index contributed by atoms with van der Waals surface area (Å²) < 4.78 is 69.2. The molecule has 20 rings (SSSR count). The molecule has 3 saturated carbocycles. The van der Waals surface area contributed by atoms with Crippen LogP contribution < -0.4 is 5.46 Å². The zero-order valence-corrected chi connectivity index (χ0v) is 69.8. The van der Waals surface area contributed by atoms with Crippen molar-refractivity contribution in [3.63, 3.8) is 0 Å². The maximum atomic E-state index is 13.3. The second-order valence-corrected chi connectivity index (χ2v) is 35.3. The van der Waals surface area contributed by atoms with Gasteiger partial charge in [0.2, 0.25) is 29.6 Å². The minimum atomic E-state index is -0.608. The second-order valence-electron chi connectivity index (χ2n) is 33.6. The molecule has 12 aliphatic rings. The lowest BCUT2D eigenvalue weighted by atomic mass is 9.49. The lowest BCUT2D eigenvalue weighted by Crippen LogP contribution is -2.42. The van der Waals surface area contributed by atoms with Gasteiger partial charge in [0.1, 0.15) is 60.7 Å². The largest absolute Gasteiger partial charge is 0.495 e. The van der Waals surface area contributed by atoms with Gasteiger partial charge in [-0.1, -0.05) is 64.5 Å². The first-order chi connectivity index (χ1) is 54.8. The molecule has 0 N–H and O–H groups in total. The summed E-state index contributed by atoms with van der Waals surface area (Å²) in [6.45, 7) is 26.8. The Morgan fingerprint density at radius 2 is 0.765 bits per heavy atom. The number of carbonyl (C=O) groups excluding carboxylic acids is 3. The van der Waals surface area contributed by atoms with Gasteiger partial charge in [0.25, 0.3) is 0 Å². The quantitative estimate of drug-likeness (QED) is 0.140. The molecule has 594 valence electrons. The van der Waals surface area contributed by atoms with E-state index >= 15 is 0 Å². The number of hydrogen-bond acceptors (Lipinski definition) is 19. The third-order valence-corrected chi connectivity index (χ3v) is 25.3. The Balaban J connectivity index is 0.000000114. The van der Waals surface area contributed by atoms with E-state index in [1.807, 2.05) is 146 Å². The fraction of sp³-hybridized carbons (Fsp3) is 0.434. The summed E-state index contributed by atoms with van der Waals surface area (Å²) in [5.74, 6) is 2.81. The van der Waals surface area contributed by atoms with Crippen molar-refractivity contribution in [2.24, 2.45) is 15.0 Å². The van der Waals surface area contributed by atoms with Crippen LogP contribution in [0.4, 0.5) is 8.78 Å². The molecule has 0 bridgehead atoms. The minimum Gasteiger partial charge on any atom is -0.405 e. The number of aliphatic imine (C=N–C) groups is 3. The Morgan fingerprint density at radius 3 is 1.16 bits per heavy atom. The smallest absolute Gasteiger partial charge is 0.405 e. The van der Waals surface area contributed by atoms with Crippen molar-refractivity contribution in [2.75, 3.05) is 39.3 Å². The monoisotopic (exact) mass is 1680 g/mol. The summed E-state index contributed by atoms with van der Waals surface area (Å²) in [4.78, 5) is 86.1. The second kappa shape index (κ2) is 31.1. The van der Waals surface area contributed by atoms with E-state index in [9.17, 15) is 23.2 Å². The van der Waals surface area contributed by atoms with E-state index in [0.717, 1.165) is 109 Å². The van der Waals surface area contributed by atoms with E-state index in [-0.39, 0.29) is 59.8 Å². The number of halogens is 4. The van der Waals surface area contributed by atoms with Crippen LogP contribution in [0.1, 0.15) is 190 Å². The molecule has 3 amide bonds. The van der Waals surface area contributed by atoms with Gasteiger partial charge >= 0.3 is 21.1 Å². The number of allylic oxidation sites excluding steroid dienone is 3. The average molecular weight is 1690 g/mol. The van der Waals surface area contributed by atoms with Crippen LogP contribution in [0.2, 0.25) is 0 Å². The van der Waals surface area contributed by atoms with Crippen molar-refractivity contribution in [3.8, 4) is 11.3 Å². The van der Waals surface area contributed by atoms with Crippen LogP contribution >= 0.6 is 31.9 Å². The highest BCUT2D eigenvalue weighted by molar-refractivity contribution is 9.10. The van der Waals surface area contributed by atoms with E-state index in [1.165, 1.54) is 62.0 Å². The van der Waals surface area contributed by atoms with Gasteiger partial charge < -0.3 is 42.6 Å². The molecule has 25 nitrogen and oxygen atoms in total. The standard InChI is InChI=1S/C25H29BN4O3.C23H19FN6O.C19H17BrN4O.C12H24B2O4.C4H2BrFN2/c1-24(2)25(3,4)33-26(32-24)19-7-5-6-18-17(19)10-11-30-21(18)12-22(27-13-23(30)31)29-14-20(28-15-29)16-8-9-16;24-21-10-25-18(9-26-21)16-2-1-3-17-15(16)6-7-30-20(17)8-22(27-11-23(30)31)29-12-19(28-13-29)14-4-5-14;20-15-3-1-2-14-13(15)6-7-24-17(14)8-18(21-9-19(24)25)23-10-16(22-11-23)12-4-5-12;1-9(2)10(3,4)16-13(15-9)14-17-11(5,6)12(7,8)18-14;5-3-1-8-4(6)2-7-3/h5-7,12,14-16H,8-11,13H2,1-4H3;1-3,8-10,12-14H,4-7,11H2;1-3,8,10-12H,4-7,9H2;1-8H3;1-2H. The normalized spacial score (nSPS) is 21.6. The molecule has 0 radical (unpaired) electrons. The summed E-state index contributed by atoms with van der Waals surface area (Å²) in [5, 5.41) is 0. The Labute approximate surface area is 685 Å². The van der Waals surface area contributed by atoms with Crippen LogP contribution in [0, 0.1) is 11.9 Å². The number of carbonyl (C=O) groups is 3. The molecule has 3 aliphatic carbocycles. The van der Waals surface area contributed by atoms with E-state index in [2.05, 4.69) is 146 Å². The first kappa shape index (κ1) is 79.7. The molecule has 0 spiro atoms. The summed E-state index contributed by atoms with van der Waals surface area (Å²) in [7, 11) is -1.38. The lowest BCUT2D eigenvalue weighted by molar-refractivity contribution is -0.127. The van der Waals surface area contributed by atoms with Gasteiger partial charge in [-0.25, -0.2) is 34.9 Å². The van der Waals surface area contributed by atoms with E-state index in [4.69, 9.17) is 27.9 Å². The van der Waals surface area contributed by atoms with Crippen LogP contribution in [-0.4, -0.2) is 193 Å². The van der Waals surface area contributed by atoms with Crippen molar-refractivity contribution in [3.05, 3.63) is 207 Å². The number of hydrogen-bond donors (Lipinski definition) is 0. The molecule has 115 heavy (non-hydrogen) atoms. The highest BCUT2D eigenvalue weighted by Crippen LogP contribution is 2.46. The number of fused-ring (bicyclic) bond motifs is 9. The Hall–Kier alpha value is -9.14. The number of imidazole rings is 3. The zero-order chi connectivity index (χ0) is 80.8. The molecule has 3 aromatic carbocycles. The summed E-state index contributed by atoms with van der Waals surface area (Å²) in [6, 6.07) is 18.2. The van der Waals surface area contributed by atoms with Gasteiger partial charge in [0, 0.05) is 101 Å². The van der Waals surface area contributed by atoms with Crippen LogP contribution in [0.5, 0.6) is 0 Å². The van der Waals surface area contributed by atoms with Crippen LogP contribution in [0.15, 0.2) is 159 Å². The number of amides is 3. The predicted octanol–water partition coefficient (Wildman–Crippen LogP) is 12.6. The van der Waals surface area contributed by atoms with Crippen molar-refractivity contribution >= 4 is 111 Å². The average Bonchev–Trinajstić information content (AvgIpc) is 1.53. The van der Waals surface area contributed by atoms with E-state index < -0.39 is 44.2 Å². The maximum absolute atomic E-state index is 13.3. The molecule has 5 aromatic heterocycles. The Kier molecular flexibility index (Phi) is 21.5. The van der Waals surface area contributed by atoms with Gasteiger partial charge in [-0.2, -0.15) is 8.78 Å². The van der Waals surface area contributed by atoms with Gasteiger partial charge in [-0.15, -0.1) is 0 Å². The third-order valence-electron chi connectivity index (χ3n) is 24.1. The first-order valence-electron chi connectivity index (χ1n) is 39.3. The topological polar surface area (TPSA) is 258 Å². The molecule has 0 atom stereocenters. The minimum absolute atomic E-state index is 0.0190. The molecule has 3 saturated heterocycles. The van der Waals surface area contributed by atoms with Gasteiger partial charge in [-0.3, -0.25) is 43.1 Å². The number of nitrogens with zero attached hydrogens (tertiary/aromatic N) is 16. The van der Waals surface area contributed by atoms with Crippen molar-refractivity contribution in [1.29, 1.82) is 0 Å². The van der Waals surface area contributed by atoms with Gasteiger partial charge in [-0.05, 0) is 185 Å². The van der Waals surface area contributed by atoms with Crippen LogP contribution in [0.3, 0.4) is 0 Å². The molecule has 32 heteroatoms. The van der Waals surface area contributed by atoms with Crippen molar-refractivity contribution in [2.45, 2.75) is 192 Å². The Morgan fingerprint density at radius 1 is 0.409 bits per heavy atom. The SMILES string of the molecule is CC1(C)OB(B2OC(C)(C)C(C)(C)O2)OC1(C)C.CC1(C)OB(c2cccc3c2CCN2C(=O)CN=C(n4cnc(C5CC5)c4)C=C32)OC1(C)C.Fc1cnc(Br)cn1.O=C1CN=C(n2cnc(C3CC3)c2)C=C2c3cccc(-c4cnc(F)cn4)c3CCN12.O=C1CN=C(n2cnc(C3CC3)c2)C=C2c3cccc(Br)c3CCN12. The number of rotatable bonds is 6. The summed E-state index contributed by atoms with van der Waals surface area (Å²) >= 11 is 6.65. The highest BCUT2D eigenvalue weighted by atomic mass is 79.9. The van der Waals surface area contributed by atoms with Crippen LogP contribution in [0.25, 0.3) is 28.3 Å². The Bertz CT molecular complexity index is 5230. The molecule has 9 aliphatic heterocycles. The number of benzene rings is 3. The summed E-state index contributed by atoms with van der Waals surface area (Å²) in [5.41, 5.74) is 12.9. The van der Waals surface area contributed by atoms with Gasteiger partial charge in [0.15, 0.2) is 0 Å². The summed E-state index contributed by atoms with van der Waals surface area (Å²) in [6.07, 6.45) is 31.9. The van der Waals surface area contributed by atoms with E-state index in [0.29, 0.717) is 59.9 Å². The molecule has 6 fully saturated rings. The van der Waals surface area contributed by atoms with Crippen LogP contribution in [-0.2, 0) is 61.6 Å². The number of aromatic nitrogens is 10. The first-order valence-corrected chi connectivity index (χ1v) is 40.9. The van der Waals surface area contributed by atoms with E-state index in [1.54, 1.807) is 11.2 Å². The van der Waals surface area contributed by atoms with Gasteiger partial charge in [0.05, 0.1) is 98.3 Å². The molecule has 8 aromatic rings. The fourth-order valence-electron chi connectivity index (χ4n) is 15.0. The zero-order valence-electron chi connectivity index (χ0n) is 66.6. The molecule has 0 unspecified atom stereocenters. The maximum Gasteiger partial charge on any atom is 0.495 e. The third kappa shape index (κ3) is 16.4.